The fourth-order valence-electron chi connectivity index (χ4n) is 2.83. The number of benzene rings is 3. The number of carbonyl (C=O) groups excluding carboxylic acids is 2. The Morgan fingerprint density at radius 1 is 1.00 bits per heavy atom. The van der Waals surface area contributed by atoms with Gasteiger partial charge in [0.15, 0.2) is 0 Å². The largest absolute Gasteiger partial charge is 0.366 e. The van der Waals surface area contributed by atoms with Crippen molar-refractivity contribution >= 4 is 44.8 Å². The SMILES string of the molecule is Cc1ccc(S(=O)(=O)N(CC(=O)Nc2ccc(C(N)=O)cc2)c2cccc(Cl)c2)cc1. The second-order valence-electron chi connectivity index (χ2n) is 6.79. The van der Waals surface area contributed by atoms with E-state index in [2.05, 4.69) is 5.32 Å². The first-order valence-corrected chi connectivity index (χ1v) is 11.0. The van der Waals surface area contributed by atoms with Crippen LogP contribution in [0.2, 0.25) is 5.02 Å². The number of amides is 2. The van der Waals surface area contributed by atoms with E-state index < -0.39 is 28.4 Å². The molecule has 3 aromatic rings. The first-order chi connectivity index (χ1) is 14.7. The Hall–Kier alpha value is -3.36. The van der Waals surface area contributed by atoms with Crippen LogP contribution in [-0.4, -0.2) is 26.8 Å². The molecule has 0 radical (unpaired) electrons. The molecule has 3 aromatic carbocycles. The van der Waals surface area contributed by atoms with Gasteiger partial charge < -0.3 is 11.1 Å². The Balaban J connectivity index is 1.90. The van der Waals surface area contributed by atoms with Crippen molar-refractivity contribution in [1.82, 2.24) is 0 Å². The molecule has 3 N–H and O–H groups in total. The fraction of sp³-hybridized carbons (Fsp3) is 0.0909. The zero-order chi connectivity index (χ0) is 22.6. The molecule has 0 saturated heterocycles. The maximum atomic E-state index is 13.3. The number of anilines is 2. The summed E-state index contributed by atoms with van der Waals surface area (Å²) >= 11 is 6.05. The molecule has 0 bridgehead atoms. The summed E-state index contributed by atoms with van der Waals surface area (Å²) in [7, 11) is -4.04. The lowest BCUT2D eigenvalue weighted by Crippen LogP contribution is -2.38. The van der Waals surface area contributed by atoms with Gasteiger partial charge in [0.25, 0.3) is 10.0 Å². The zero-order valence-electron chi connectivity index (χ0n) is 16.6. The van der Waals surface area contributed by atoms with Crippen molar-refractivity contribution in [2.45, 2.75) is 11.8 Å². The summed E-state index contributed by atoms with van der Waals surface area (Å²) < 4.78 is 27.6. The normalized spacial score (nSPS) is 11.0. The van der Waals surface area contributed by atoms with Crippen LogP contribution in [0, 0.1) is 6.92 Å². The third kappa shape index (κ3) is 5.42. The number of nitrogens with zero attached hydrogens (tertiary/aromatic N) is 1. The summed E-state index contributed by atoms with van der Waals surface area (Å²) in [5.74, 6) is -1.16. The highest BCUT2D eigenvalue weighted by Crippen LogP contribution is 2.26. The van der Waals surface area contributed by atoms with E-state index in [9.17, 15) is 18.0 Å². The van der Waals surface area contributed by atoms with E-state index in [1.165, 1.54) is 42.5 Å². The molecule has 0 fully saturated rings. The quantitative estimate of drug-likeness (QED) is 0.565. The molecule has 160 valence electrons. The van der Waals surface area contributed by atoms with Crippen molar-refractivity contribution in [3.63, 3.8) is 0 Å². The Labute approximate surface area is 185 Å². The summed E-state index contributed by atoms with van der Waals surface area (Å²) in [6.45, 7) is 1.37. The number of nitrogens with one attached hydrogen (secondary N) is 1. The van der Waals surface area contributed by atoms with E-state index in [0.29, 0.717) is 16.3 Å². The number of rotatable bonds is 7. The van der Waals surface area contributed by atoms with Gasteiger partial charge in [0, 0.05) is 16.3 Å². The number of sulfonamides is 1. The number of aryl methyl sites for hydroxylation is 1. The average Bonchev–Trinajstić information content (AvgIpc) is 2.72. The molecule has 7 nitrogen and oxygen atoms in total. The number of halogens is 1. The third-order valence-corrected chi connectivity index (χ3v) is 6.47. The molecule has 0 aliphatic rings. The van der Waals surface area contributed by atoms with Gasteiger partial charge in [0.2, 0.25) is 11.8 Å². The van der Waals surface area contributed by atoms with Crippen LogP contribution in [-0.2, 0) is 14.8 Å². The van der Waals surface area contributed by atoms with Crippen LogP contribution in [0.3, 0.4) is 0 Å². The number of hydrogen-bond donors (Lipinski definition) is 2. The monoisotopic (exact) mass is 457 g/mol. The predicted molar refractivity (Wildman–Crippen MR) is 121 cm³/mol. The van der Waals surface area contributed by atoms with Crippen LogP contribution in [0.25, 0.3) is 0 Å². The smallest absolute Gasteiger partial charge is 0.264 e. The molecule has 0 heterocycles. The minimum absolute atomic E-state index is 0.0525. The highest BCUT2D eigenvalue weighted by atomic mass is 35.5. The summed E-state index contributed by atoms with van der Waals surface area (Å²) in [6, 6.07) is 18.6. The Kier molecular flexibility index (Phi) is 6.62. The van der Waals surface area contributed by atoms with Gasteiger partial charge in [-0.05, 0) is 61.5 Å². The van der Waals surface area contributed by atoms with Gasteiger partial charge in [-0.15, -0.1) is 0 Å². The van der Waals surface area contributed by atoms with Gasteiger partial charge in [0.1, 0.15) is 6.54 Å². The number of carbonyl (C=O) groups is 2. The van der Waals surface area contributed by atoms with E-state index >= 15 is 0 Å². The molecule has 0 aromatic heterocycles. The van der Waals surface area contributed by atoms with Crippen LogP contribution >= 0.6 is 11.6 Å². The average molecular weight is 458 g/mol. The first-order valence-electron chi connectivity index (χ1n) is 9.21. The van der Waals surface area contributed by atoms with Crippen LogP contribution in [0.1, 0.15) is 15.9 Å². The Morgan fingerprint density at radius 3 is 2.23 bits per heavy atom. The molecule has 3 rings (SSSR count). The van der Waals surface area contributed by atoms with Crippen LogP contribution < -0.4 is 15.4 Å². The van der Waals surface area contributed by atoms with E-state index in [-0.39, 0.29) is 10.6 Å². The molecule has 0 atom stereocenters. The molecular weight excluding hydrogens is 438 g/mol. The fourth-order valence-corrected chi connectivity index (χ4v) is 4.43. The van der Waals surface area contributed by atoms with Gasteiger partial charge in [-0.1, -0.05) is 35.4 Å². The molecule has 2 amide bonds. The molecule has 31 heavy (non-hydrogen) atoms. The number of hydrogen-bond acceptors (Lipinski definition) is 4. The number of nitrogens with two attached hydrogens (primary N) is 1. The molecule has 0 saturated carbocycles. The summed E-state index contributed by atoms with van der Waals surface area (Å²) in [5.41, 5.74) is 7.06. The Morgan fingerprint density at radius 2 is 1.65 bits per heavy atom. The van der Waals surface area contributed by atoms with Gasteiger partial charge in [-0.2, -0.15) is 0 Å². The standard InChI is InChI=1S/C22H20ClN3O4S/c1-15-5-11-20(12-6-15)31(29,30)26(19-4-2-3-17(23)13-19)14-21(27)25-18-9-7-16(8-10-18)22(24)28/h2-13H,14H2,1H3,(H2,24,28)(H,25,27). The van der Waals surface area contributed by atoms with E-state index in [0.717, 1.165) is 9.87 Å². The minimum atomic E-state index is -4.04. The highest BCUT2D eigenvalue weighted by Gasteiger charge is 2.27. The van der Waals surface area contributed by atoms with Gasteiger partial charge in [0.05, 0.1) is 10.6 Å². The van der Waals surface area contributed by atoms with Gasteiger partial charge in [-0.3, -0.25) is 13.9 Å². The minimum Gasteiger partial charge on any atom is -0.366 e. The van der Waals surface area contributed by atoms with Crippen LogP contribution in [0.15, 0.2) is 77.7 Å². The topological polar surface area (TPSA) is 110 Å². The van der Waals surface area contributed by atoms with E-state index in [1.54, 1.807) is 30.3 Å². The zero-order valence-corrected chi connectivity index (χ0v) is 18.2. The number of primary amides is 1. The second-order valence-corrected chi connectivity index (χ2v) is 9.09. The Bertz CT molecular complexity index is 1210. The van der Waals surface area contributed by atoms with E-state index in [1.807, 2.05) is 6.92 Å². The molecule has 0 aliphatic carbocycles. The molecule has 0 spiro atoms. The first kappa shape index (κ1) is 22.3. The third-order valence-electron chi connectivity index (χ3n) is 4.45. The maximum Gasteiger partial charge on any atom is 0.264 e. The van der Waals surface area contributed by atoms with Gasteiger partial charge >= 0.3 is 0 Å². The predicted octanol–water partition coefficient (Wildman–Crippen LogP) is 3.58. The second kappa shape index (κ2) is 9.20. The van der Waals surface area contributed by atoms with Crippen LogP contribution in [0.5, 0.6) is 0 Å². The lowest BCUT2D eigenvalue weighted by Gasteiger charge is -2.24. The summed E-state index contributed by atoms with van der Waals surface area (Å²) in [4.78, 5) is 23.9. The molecule has 0 aliphatic heterocycles. The lowest BCUT2D eigenvalue weighted by atomic mass is 10.2. The summed E-state index contributed by atoms with van der Waals surface area (Å²) in [5, 5.41) is 2.96. The van der Waals surface area contributed by atoms with Crippen molar-refractivity contribution in [2.75, 3.05) is 16.2 Å². The van der Waals surface area contributed by atoms with Crippen molar-refractivity contribution in [1.29, 1.82) is 0 Å². The highest BCUT2D eigenvalue weighted by molar-refractivity contribution is 7.92. The lowest BCUT2D eigenvalue weighted by molar-refractivity contribution is -0.114. The van der Waals surface area contributed by atoms with Crippen molar-refractivity contribution < 1.29 is 18.0 Å². The van der Waals surface area contributed by atoms with Crippen molar-refractivity contribution in [2.24, 2.45) is 5.73 Å². The molecule has 9 heteroatoms. The maximum absolute atomic E-state index is 13.3. The van der Waals surface area contributed by atoms with E-state index in [4.69, 9.17) is 17.3 Å². The van der Waals surface area contributed by atoms with Crippen molar-refractivity contribution in [3.8, 4) is 0 Å². The molecule has 0 unspecified atom stereocenters. The van der Waals surface area contributed by atoms with Gasteiger partial charge in [-0.25, -0.2) is 8.42 Å². The van der Waals surface area contributed by atoms with Crippen LogP contribution in [0.4, 0.5) is 11.4 Å². The van der Waals surface area contributed by atoms with Crippen molar-refractivity contribution in [3.05, 3.63) is 88.9 Å². The summed E-state index contributed by atoms with van der Waals surface area (Å²) in [6.07, 6.45) is 0. The molecular formula is C22H20ClN3O4S.